The van der Waals surface area contributed by atoms with E-state index in [9.17, 15) is 14.7 Å². The highest BCUT2D eigenvalue weighted by Crippen LogP contribution is 2.40. The third kappa shape index (κ3) is 2.86. The van der Waals surface area contributed by atoms with Crippen molar-refractivity contribution in [2.24, 2.45) is 5.92 Å². The van der Waals surface area contributed by atoms with E-state index in [0.717, 1.165) is 12.0 Å². The Morgan fingerprint density at radius 3 is 2.52 bits per heavy atom. The van der Waals surface area contributed by atoms with Crippen molar-refractivity contribution in [1.82, 2.24) is 4.90 Å². The van der Waals surface area contributed by atoms with Crippen molar-refractivity contribution in [2.45, 2.75) is 38.8 Å². The van der Waals surface area contributed by atoms with Gasteiger partial charge in [-0.25, -0.2) is 0 Å². The van der Waals surface area contributed by atoms with E-state index in [1.165, 1.54) is 0 Å². The Morgan fingerprint density at radius 1 is 1.43 bits per heavy atom. The lowest BCUT2D eigenvalue weighted by Crippen LogP contribution is -2.37. The van der Waals surface area contributed by atoms with Crippen LogP contribution in [0.15, 0.2) is 24.3 Å². The number of hydrogen-bond acceptors (Lipinski definition) is 3. The zero-order valence-corrected chi connectivity index (χ0v) is 12.6. The molecule has 1 aliphatic rings. The maximum Gasteiger partial charge on any atom is 0.309 e. The van der Waals surface area contributed by atoms with Gasteiger partial charge in [0.2, 0.25) is 5.91 Å². The Bertz CT molecular complexity index is 526. The van der Waals surface area contributed by atoms with Gasteiger partial charge in [-0.2, -0.15) is 0 Å². The summed E-state index contributed by atoms with van der Waals surface area (Å²) in [6.45, 7) is 3.95. The van der Waals surface area contributed by atoms with Gasteiger partial charge in [0.05, 0.1) is 19.1 Å². The van der Waals surface area contributed by atoms with Crippen LogP contribution >= 0.6 is 0 Å². The minimum absolute atomic E-state index is 0.0222. The summed E-state index contributed by atoms with van der Waals surface area (Å²) in [6.07, 6.45) is 0.862. The number of aliphatic carboxylic acids is 1. The first-order valence-electron chi connectivity index (χ1n) is 7.17. The van der Waals surface area contributed by atoms with E-state index in [0.29, 0.717) is 5.75 Å². The van der Waals surface area contributed by atoms with E-state index in [-0.39, 0.29) is 18.4 Å². The molecule has 0 spiro atoms. The van der Waals surface area contributed by atoms with E-state index in [1.807, 2.05) is 26.0 Å². The number of carboxylic acid groups (broad SMARTS) is 1. The number of carboxylic acids is 1. The Morgan fingerprint density at radius 2 is 2.05 bits per heavy atom. The highest BCUT2D eigenvalue weighted by Gasteiger charge is 2.46. The molecule has 1 fully saturated rings. The third-order valence-electron chi connectivity index (χ3n) is 4.20. The Kier molecular flexibility index (Phi) is 4.50. The standard InChI is InChI=1S/C16H21NO4/c1-4-10(2)17-14(18)9-13(16(19)20)15(17)11-5-7-12(21-3)8-6-11/h5-8,10,13,15H,4,9H2,1-3H3,(H,19,20)/t10-,13-,15-/m1/s1. The number of ether oxygens (including phenoxy) is 1. The van der Waals surface area contributed by atoms with E-state index >= 15 is 0 Å². The first-order valence-corrected chi connectivity index (χ1v) is 7.17. The topological polar surface area (TPSA) is 66.8 Å². The fraction of sp³-hybridized carbons (Fsp3) is 0.500. The second-order valence-corrected chi connectivity index (χ2v) is 5.43. The SMILES string of the molecule is CC[C@@H](C)N1C(=O)C[C@@H](C(=O)O)[C@H]1c1ccc(OC)cc1. The summed E-state index contributed by atoms with van der Waals surface area (Å²) < 4.78 is 5.13. The maximum atomic E-state index is 12.2. The zero-order chi connectivity index (χ0) is 15.6. The number of rotatable bonds is 5. The molecule has 0 bridgehead atoms. The van der Waals surface area contributed by atoms with Gasteiger partial charge in [-0.05, 0) is 31.0 Å². The Hall–Kier alpha value is -2.04. The third-order valence-corrected chi connectivity index (χ3v) is 4.20. The van der Waals surface area contributed by atoms with Crippen molar-refractivity contribution in [3.63, 3.8) is 0 Å². The van der Waals surface area contributed by atoms with Gasteiger partial charge in [0, 0.05) is 12.5 Å². The molecule has 1 aromatic carbocycles. The molecule has 1 saturated heterocycles. The molecule has 21 heavy (non-hydrogen) atoms. The summed E-state index contributed by atoms with van der Waals surface area (Å²) in [4.78, 5) is 25.5. The number of carbonyl (C=O) groups is 2. The lowest BCUT2D eigenvalue weighted by molar-refractivity contribution is -0.142. The number of hydrogen-bond donors (Lipinski definition) is 1. The molecule has 3 atom stereocenters. The van der Waals surface area contributed by atoms with Crippen molar-refractivity contribution >= 4 is 11.9 Å². The minimum Gasteiger partial charge on any atom is -0.497 e. The van der Waals surface area contributed by atoms with Crippen LogP contribution < -0.4 is 4.74 Å². The predicted octanol–water partition coefficient (Wildman–Crippen LogP) is 2.47. The van der Waals surface area contributed by atoms with Crippen LogP contribution in [0.4, 0.5) is 0 Å². The van der Waals surface area contributed by atoms with Gasteiger partial charge in [0.15, 0.2) is 0 Å². The average Bonchev–Trinajstić information content (AvgIpc) is 2.84. The molecule has 0 unspecified atom stereocenters. The van der Waals surface area contributed by atoms with Gasteiger partial charge in [0.1, 0.15) is 5.75 Å². The molecule has 1 heterocycles. The number of methoxy groups -OCH3 is 1. The molecular formula is C16H21NO4. The van der Waals surface area contributed by atoms with Gasteiger partial charge in [-0.3, -0.25) is 9.59 Å². The first-order chi connectivity index (χ1) is 9.99. The normalized spacial score (nSPS) is 23.2. The second kappa shape index (κ2) is 6.16. The lowest BCUT2D eigenvalue weighted by atomic mass is 9.93. The maximum absolute atomic E-state index is 12.2. The van der Waals surface area contributed by atoms with Crippen LogP contribution in [-0.4, -0.2) is 35.0 Å². The summed E-state index contributed by atoms with van der Waals surface area (Å²) >= 11 is 0. The number of amides is 1. The summed E-state index contributed by atoms with van der Waals surface area (Å²) in [5.74, 6) is -0.988. The van der Waals surface area contributed by atoms with Crippen LogP contribution in [0.3, 0.4) is 0 Å². The molecule has 5 heteroatoms. The largest absolute Gasteiger partial charge is 0.497 e. The highest BCUT2D eigenvalue weighted by atomic mass is 16.5. The fourth-order valence-electron chi connectivity index (χ4n) is 2.89. The van der Waals surface area contributed by atoms with Crippen LogP contribution in [0.5, 0.6) is 5.75 Å². The van der Waals surface area contributed by atoms with E-state index in [1.54, 1.807) is 24.1 Å². The van der Waals surface area contributed by atoms with Crippen molar-refractivity contribution in [3.05, 3.63) is 29.8 Å². The molecule has 1 aromatic rings. The van der Waals surface area contributed by atoms with Gasteiger partial charge >= 0.3 is 5.97 Å². The van der Waals surface area contributed by atoms with E-state index in [4.69, 9.17) is 4.74 Å². The molecule has 1 amide bonds. The van der Waals surface area contributed by atoms with Gasteiger partial charge in [-0.15, -0.1) is 0 Å². The van der Waals surface area contributed by atoms with Crippen molar-refractivity contribution in [3.8, 4) is 5.75 Å². The monoisotopic (exact) mass is 291 g/mol. The van der Waals surface area contributed by atoms with Crippen LogP contribution in [0.2, 0.25) is 0 Å². The summed E-state index contributed by atoms with van der Waals surface area (Å²) in [7, 11) is 1.58. The second-order valence-electron chi connectivity index (χ2n) is 5.43. The quantitative estimate of drug-likeness (QED) is 0.905. The molecule has 5 nitrogen and oxygen atoms in total. The average molecular weight is 291 g/mol. The molecule has 0 aromatic heterocycles. The van der Waals surface area contributed by atoms with Crippen molar-refractivity contribution in [2.75, 3.05) is 7.11 Å². The smallest absolute Gasteiger partial charge is 0.309 e. The Labute approximate surface area is 124 Å². The predicted molar refractivity (Wildman–Crippen MR) is 78.1 cm³/mol. The number of nitrogens with zero attached hydrogens (tertiary/aromatic N) is 1. The number of carbonyl (C=O) groups excluding carboxylic acids is 1. The van der Waals surface area contributed by atoms with Crippen LogP contribution in [0.25, 0.3) is 0 Å². The lowest BCUT2D eigenvalue weighted by Gasteiger charge is -2.32. The van der Waals surface area contributed by atoms with Crippen LogP contribution in [0, 0.1) is 5.92 Å². The summed E-state index contributed by atoms with van der Waals surface area (Å²) in [5, 5.41) is 9.43. The fourth-order valence-corrected chi connectivity index (χ4v) is 2.89. The molecule has 114 valence electrons. The van der Waals surface area contributed by atoms with Gasteiger partial charge in [0.25, 0.3) is 0 Å². The number of benzene rings is 1. The molecule has 0 saturated carbocycles. The molecule has 1 aliphatic heterocycles. The van der Waals surface area contributed by atoms with Crippen molar-refractivity contribution < 1.29 is 19.4 Å². The highest BCUT2D eigenvalue weighted by molar-refractivity contribution is 5.87. The first kappa shape index (κ1) is 15.4. The van der Waals surface area contributed by atoms with Crippen LogP contribution in [-0.2, 0) is 9.59 Å². The molecule has 0 aliphatic carbocycles. The van der Waals surface area contributed by atoms with Crippen LogP contribution in [0.1, 0.15) is 38.3 Å². The van der Waals surface area contributed by atoms with Crippen molar-refractivity contribution in [1.29, 1.82) is 0 Å². The molecule has 0 radical (unpaired) electrons. The van der Waals surface area contributed by atoms with Gasteiger partial charge < -0.3 is 14.7 Å². The molecule has 2 rings (SSSR count). The zero-order valence-electron chi connectivity index (χ0n) is 12.6. The van der Waals surface area contributed by atoms with E-state index < -0.39 is 17.9 Å². The molecular weight excluding hydrogens is 270 g/mol. The van der Waals surface area contributed by atoms with Gasteiger partial charge in [-0.1, -0.05) is 19.1 Å². The summed E-state index contributed by atoms with van der Waals surface area (Å²) in [6, 6.07) is 6.89. The summed E-state index contributed by atoms with van der Waals surface area (Å²) in [5.41, 5.74) is 0.842. The van der Waals surface area contributed by atoms with E-state index in [2.05, 4.69) is 0 Å². The minimum atomic E-state index is -0.921. The number of likely N-dealkylation sites (tertiary alicyclic amines) is 1. The Balaban J connectivity index is 2.40. The molecule has 1 N–H and O–H groups in total.